The van der Waals surface area contributed by atoms with Gasteiger partial charge in [0.1, 0.15) is 11.9 Å². The molecule has 0 atom stereocenters. The van der Waals surface area contributed by atoms with E-state index in [1.807, 2.05) is 52.4 Å². The standard InChI is InChI=1S/C23H21N7OS2/c24-13-19-18-10-4-5-11-20(18)30(16-7-2-1-3-8-16)22(19)25-21(31)15-33-23-26-27-28-29(23)14-17-9-6-12-32-17/h1-3,6-9,12H,4-5,10-11,14-15H2,(H,25,31). The van der Waals surface area contributed by atoms with E-state index < -0.39 is 0 Å². The number of fused-ring (bicyclic) bond motifs is 1. The number of thiophene rings is 1. The van der Waals surface area contributed by atoms with Crippen LogP contribution < -0.4 is 5.32 Å². The van der Waals surface area contributed by atoms with Gasteiger partial charge in [0.25, 0.3) is 0 Å². The lowest BCUT2D eigenvalue weighted by Gasteiger charge is -2.17. The van der Waals surface area contributed by atoms with Gasteiger partial charge in [-0.2, -0.15) is 5.26 Å². The molecule has 1 aliphatic carbocycles. The van der Waals surface area contributed by atoms with E-state index >= 15 is 0 Å². The maximum absolute atomic E-state index is 13.0. The second-order valence-corrected chi connectivity index (χ2v) is 9.65. The summed E-state index contributed by atoms with van der Waals surface area (Å²) in [6.45, 7) is 0.566. The SMILES string of the molecule is N#Cc1c2c(n(-c3ccccc3)c1NC(=O)CSc1nnnn1Cc1cccs1)CCCC2. The molecule has 1 aliphatic rings. The maximum atomic E-state index is 13.0. The minimum absolute atomic E-state index is 0.139. The van der Waals surface area contributed by atoms with Crippen LogP contribution in [-0.2, 0) is 24.2 Å². The topological polar surface area (TPSA) is 101 Å². The summed E-state index contributed by atoms with van der Waals surface area (Å²) in [5, 5.41) is 27.4. The Hall–Kier alpha value is -3.42. The molecular weight excluding hydrogens is 454 g/mol. The number of carbonyl (C=O) groups is 1. The Balaban J connectivity index is 1.38. The summed E-state index contributed by atoms with van der Waals surface area (Å²) >= 11 is 2.91. The molecule has 0 bridgehead atoms. The minimum Gasteiger partial charge on any atom is -0.310 e. The number of nitrogens with one attached hydrogen (secondary N) is 1. The molecule has 1 aromatic carbocycles. The fourth-order valence-electron chi connectivity index (χ4n) is 4.14. The van der Waals surface area contributed by atoms with Crippen LogP contribution in [0, 0.1) is 11.3 Å². The van der Waals surface area contributed by atoms with Crippen molar-refractivity contribution in [3.63, 3.8) is 0 Å². The Morgan fingerprint density at radius 2 is 2.03 bits per heavy atom. The molecule has 0 saturated heterocycles. The highest BCUT2D eigenvalue weighted by Gasteiger charge is 2.26. The number of hydrogen-bond acceptors (Lipinski definition) is 7. The second-order valence-electron chi connectivity index (χ2n) is 7.67. The molecule has 5 rings (SSSR count). The molecule has 0 unspecified atom stereocenters. The number of anilines is 1. The lowest BCUT2D eigenvalue weighted by molar-refractivity contribution is -0.113. The molecule has 33 heavy (non-hydrogen) atoms. The molecular formula is C23H21N7OS2. The summed E-state index contributed by atoms with van der Waals surface area (Å²) in [6.07, 6.45) is 3.87. The van der Waals surface area contributed by atoms with E-state index in [4.69, 9.17) is 0 Å². The lowest BCUT2D eigenvalue weighted by atomic mass is 9.95. The van der Waals surface area contributed by atoms with Crippen LogP contribution in [0.4, 0.5) is 5.82 Å². The Kier molecular flexibility index (Phi) is 6.24. The fourth-order valence-corrected chi connectivity index (χ4v) is 5.51. The predicted octanol–water partition coefficient (Wildman–Crippen LogP) is 4.05. The first-order valence-corrected chi connectivity index (χ1v) is 12.5. The van der Waals surface area contributed by atoms with Crippen molar-refractivity contribution < 1.29 is 4.79 Å². The van der Waals surface area contributed by atoms with E-state index in [-0.39, 0.29) is 11.7 Å². The summed E-state index contributed by atoms with van der Waals surface area (Å²) < 4.78 is 3.73. The fraction of sp³-hybridized carbons (Fsp3) is 0.261. The van der Waals surface area contributed by atoms with Gasteiger partial charge in [-0.3, -0.25) is 9.36 Å². The Morgan fingerprint density at radius 1 is 1.18 bits per heavy atom. The lowest BCUT2D eigenvalue weighted by Crippen LogP contribution is -2.18. The first-order valence-electron chi connectivity index (χ1n) is 10.7. The molecule has 0 fully saturated rings. The van der Waals surface area contributed by atoms with Crippen LogP contribution in [0.2, 0.25) is 0 Å². The summed E-state index contributed by atoms with van der Waals surface area (Å²) in [5.41, 5.74) is 3.68. The van der Waals surface area contributed by atoms with Gasteiger partial charge in [0.2, 0.25) is 11.1 Å². The smallest absolute Gasteiger partial charge is 0.236 e. The van der Waals surface area contributed by atoms with Crippen molar-refractivity contribution in [1.82, 2.24) is 24.8 Å². The van der Waals surface area contributed by atoms with Gasteiger partial charge in [-0.1, -0.05) is 36.0 Å². The molecule has 1 amide bonds. The van der Waals surface area contributed by atoms with Gasteiger partial charge in [0, 0.05) is 16.3 Å². The first kappa shape index (κ1) is 21.4. The summed E-state index contributed by atoms with van der Waals surface area (Å²) in [4.78, 5) is 14.1. The predicted molar refractivity (Wildman–Crippen MR) is 128 cm³/mol. The van der Waals surface area contributed by atoms with Gasteiger partial charge in [-0.05, 0) is 65.3 Å². The highest BCUT2D eigenvalue weighted by Crippen LogP contribution is 2.35. The number of benzene rings is 1. The number of thioether (sulfide) groups is 1. The zero-order chi connectivity index (χ0) is 22.6. The van der Waals surface area contributed by atoms with Crippen molar-refractivity contribution in [2.24, 2.45) is 0 Å². The van der Waals surface area contributed by atoms with E-state index in [0.717, 1.165) is 47.5 Å². The number of para-hydroxylation sites is 1. The van der Waals surface area contributed by atoms with E-state index in [1.54, 1.807) is 16.0 Å². The van der Waals surface area contributed by atoms with Crippen LogP contribution in [0.15, 0.2) is 53.0 Å². The van der Waals surface area contributed by atoms with Gasteiger partial charge in [-0.15, -0.1) is 16.4 Å². The number of nitriles is 1. The maximum Gasteiger partial charge on any atom is 0.236 e. The molecule has 3 aromatic heterocycles. The third kappa shape index (κ3) is 4.42. The molecule has 0 spiro atoms. The monoisotopic (exact) mass is 475 g/mol. The summed E-state index contributed by atoms with van der Waals surface area (Å²) in [6, 6.07) is 16.2. The highest BCUT2D eigenvalue weighted by atomic mass is 32.2. The zero-order valence-corrected chi connectivity index (χ0v) is 19.4. The van der Waals surface area contributed by atoms with E-state index in [0.29, 0.717) is 23.1 Å². The largest absolute Gasteiger partial charge is 0.310 e. The average molecular weight is 476 g/mol. The molecule has 0 aliphatic heterocycles. The molecule has 0 saturated carbocycles. The van der Waals surface area contributed by atoms with E-state index in [2.05, 4.69) is 26.9 Å². The molecule has 3 heterocycles. The van der Waals surface area contributed by atoms with E-state index in [9.17, 15) is 10.1 Å². The van der Waals surface area contributed by atoms with Crippen LogP contribution >= 0.6 is 23.1 Å². The third-order valence-corrected chi connectivity index (χ3v) is 7.39. The third-order valence-electron chi connectivity index (χ3n) is 5.57. The molecule has 10 heteroatoms. The van der Waals surface area contributed by atoms with Crippen LogP contribution in [0.3, 0.4) is 0 Å². The molecule has 4 aromatic rings. The minimum atomic E-state index is -0.200. The van der Waals surface area contributed by atoms with Crippen molar-refractivity contribution in [1.29, 1.82) is 5.26 Å². The first-order chi connectivity index (χ1) is 16.2. The van der Waals surface area contributed by atoms with Crippen LogP contribution in [0.1, 0.15) is 34.5 Å². The van der Waals surface area contributed by atoms with Crippen LogP contribution in [-0.4, -0.2) is 36.4 Å². The molecule has 166 valence electrons. The van der Waals surface area contributed by atoms with Crippen molar-refractivity contribution in [2.75, 3.05) is 11.1 Å². The van der Waals surface area contributed by atoms with Crippen molar-refractivity contribution in [3.8, 4) is 11.8 Å². The number of amides is 1. The number of nitrogens with zero attached hydrogens (tertiary/aromatic N) is 6. The Morgan fingerprint density at radius 3 is 2.82 bits per heavy atom. The van der Waals surface area contributed by atoms with Gasteiger partial charge in [0.15, 0.2) is 0 Å². The summed E-state index contributed by atoms with van der Waals surface area (Å²) in [5.74, 6) is 0.494. The quantitative estimate of drug-likeness (QED) is 0.405. The van der Waals surface area contributed by atoms with Gasteiger partial charge >= 0.3 is 0 Å². The number of hydrogen-bond donors (Lipinski definition) is 1. The zero-order valence-electron chi connectivity index (χ0n) is 17.8. The van der Waals surface area contributed by atoms with E-state index in [1.165, 1.54) is 11.8 Å². The van der Waals surface area contributed by atoms with Crippen LogP contribution in [0.25, 0.3) is 5.69 Å². The van der Waals surface area contributed by atoms with Gasteiger partial charge < -0.3 is 5.32 Å². The summed E-state index contributed by atoms with van der Waals surface area (Å²) in [7, 11) is 0. The number of tetrazole rings is 1. The van der Waals surface area contributed by atoms with Crippen LogP contribution in [0.5, 0.6) is 0 Å². The number of carbonyl (C=O) groups excluding carboxylic acids is 1. The highest BCUT2D eigenvalue weighted by molar-refractivity contribution is 7.99. The molecule has 8 nitrogen and oxygen atoms in total. The van der Waals surface area contributed by atoms with Crippen molar-refractivity contribution in [2.45, 2.75) is 37.4 Å². The average Bonchev–Trinajstić information content (AvgIpc) is 3.58. The second kappa shape index (κ2) is 9.60. The Labute approximate surface area is 199 Å². The van der Waals surface area contributed by atoms with Gasteiger partial charge in [0.05, 0.1) is 17.9 Å². The van der Waals surface area contributed by atoms with Gasteiger partial charge in [-0.25, -0.2) is 4.68 Å². The molecule has 0 radical (unpaired) electrons. The normalized spacial score (nSPS) is 12.8. The van der Waals surface area contributed by atoms with Crippen molar-refractivity contribution in [3.05, 3.63) is 69.5 Å². The number of aromatic nitrogens is 5. The Bertz CT molecular complexity index is 1300. The molecule has 1 N–H and O–H groups in total. The number of rotatable bonds is 7. The van der Waals surface area contributed by atoms with Crippen molar-refractivity contribution >= 4 is 34.8 Å².